The summed E-state index contributed by atoms with van der Waals surface area (Å²) in [6.45, 7) is 6.22. The Kier molecular flexibility index (Phi) is 6.07. The minimum atomic E-state index is -1.47. The van der Waals surface area contributed by atoms with Crippen molar-refractivity contribution in [3.8, 4) is 0 Å². The first-order valence-electron chi connectivity index (χ1n) is 6.02. The van der Waals surface area contributed by atoms with Crippen LogP contribution in [0.3, 0.4) is 0 Å². The van der Waals surface area contributed by atoms with Crippen molar-refractivity contribution in [2.75, 3.05) is 0 Å². The van der Waals surface area contributed by atoms with Crippen LogP contribution in [0, 0.1) is 20.8 Å². The Hall–Kier alpha value is -0.807. The van der Waals surface area contributed by atoms with E-state index in [2.05, 4.69) is 32.9 Å². The molecule has 0 aliphatic rings. The molecule has 0 N–H and O–H groups in total. The molecule has 0 aromatic heterocycles. The molecule has 0 heterocycles. The van der Waals surface area contributed by atoms with Crippen molar-refractivity contribution in [2.24, 2.45) is 0 Å². The van der Waals surface area contributed by atoms with E-state index >= 15 is 0 Å². The molecular formula is C16H17OPRu. The molecule has 0 bridgehead atoms. The second-order valence-electron chi connectivity index (χ2n) is 4.60. The smallest absolute Gasteiger partial charge is 0.144 e. The summed E-state index contributed by atoms with van der Waals surface area (Å²) in [7, 11) is -1.47. The second kappa shape index (κ2) is 7.10. The molecule has 0 aliphatic carbocycles. The first-order valence-corrected chi connectivity index (χ1v) is 7.35. The topological polar surface area (TPSA) is 23.1 Å². The molecule has 0 amide bonds. The summed E-state index contributed by atoms with van der Waals surface area (Å²) in [6, 6.07) is 13.9. The number of hydrogen-bond acceptors (Lipinski definition) is 1. The fourth-order valence-corrected chi connectivity index (χ4v) is 3.42. The van der Waals surface area contributed by atoms with E-state index in [1.54, 1.807) is 0 Å². The van der Waals surface area contributed by atoms with Crippen LogP contribution in [0.1, 0.15) is 22.3 Å². The van der Waals surface area contributed by atoms with Gasteiger partial charge in [-0.2, -0.15) is 0 Å². The van der Waals surface area contributed by atoms with Crippen LogP contribution in [0.4, 0.5) is 0 Å². The molecule has 0 radical (unpaired) electrons. The third-order valence-electron chi connectivity index (χ3n) is 3.00. The van der Waals surface area contributed by atoms with E-state index in [0.717, 1.165) is 10.9 Å². The Morgan fingerprint density at radius 1 is 0.947 bits per heavy atom. The molecule has 0 spiro atoms. The maximum Gasteiger partial charge on any atom is 0.144 e. The second-order valence-corrected chi connectivity index (χ2v) is 6.03. The number of hydrogen-bond donors (Lipinski definition) is 0. The fraction of sp³-hybridized carbons (Fsp3) is 0.188. The summed E-state index contributed by atoms with van der Waals surface area (Å²) in [5.74, 6) is 1.88. The van der Waals surface area contributed by atoms with Crippen LogP contribution in [0.25, 0.3) is 0 Å². The minimum absolute atomic E-state index is 0. The maximum atomic E-state index is 12.3. The van der Waals surface area contributed by atoms with E-state index in [1.165, 1.54) is 16.7 Å². The van der Waals surface area contributed by atoms with Crippen LogP contribution in [0.2, 0.25) is 0 Å². The van der Waals surface area contributed by atoms with E-state index in [1.807, 2.05) is 36.1 Å². The van der Waals surface area contributed by atoms with Gasteiger partial charge >= 0.3 is 0 Å². The Bertz CT molecular complexity index is 568. The van der Waals surface area contributed by atoms with Gasteiger partial charge in [0, 0.05) is 25.0 Å². The molecule has 19 heavy (non-hydrogen) atoms. The summed E-state index contributed by atoms with van der Waals surface area (Å²) in [6.07, 6.45) is 0. The molecular weight excluding hydrogens is 340 g/mol. The molecule has 2 aromatic rings. The van der Waals surface area contributed by atoms with Gasteiger partial charge < -0.3 is 4.89 Å². The van der Waals surface area contributed by atoms with Gasteiger partial charge in [-0.1, -0.05) is 35.9 Å². The fourth-order valence-electron chi connectivity index (χ4n) is 2.16. The summed E-state index contributed by atoms with van der Waals surface area (Å²) < 4.78 is 0. The molecule has 0 saturated heterocycles. The minimum Gasteiger partial charge on any atom is -0.626 e. The third-order valence-corrected chi connectivity index (χ3v) is 4.29. The van der Waals surface area contributed by atoms with Crippen molar-refractivity contribution in [2.45, 2.75) is 20.8 Å². The Morgan fingerprint density at radius 3 is 2.00 bits per heavy atom. The van der Waals surface area contributed by atoms with Crippen LogP contribution < -0.4 is 10.2 Å². The molecule has 0 fully saturated rings. The zero-order valence-corrected chi connectivity index (χ0v) is 14.0. The first kappa shape index (κ1) is 16.2. The van der Waals surface area contributed by atoms with E-state index in [-0.39, 0.29) is 19.5 Å². The van der Waals surface area contributed by atoms with Gasteiger partial charge in [0.25, 0.3) is 0 Å². The van der Waals surface area contributed by atoms with Crippen LogP contribution in [-0.2, 0) is 19.5 Å². The zero-order chi connectivity index (χ0) is 13.1. The molecule has 0 saturated carbocycles. The largest absolute Gasteiger partial charge is 0.626 e. The molecule has 3 heteroatoms. The molecule has 1 atom stereocenters. The van der Waals surface area contributed by atoms with Crippen molar-refractivity contribution in [3.63, 3.8) is 0 Å². The summed E-state index contributed by atoms with van der Waals surface area (Å²) in [5, 5.41) is 0.881. The first-order chi connectivity index (χ1) is 8.58. The molecule has 0 aliphatic heterocycles. The van der Waals surface area contributed by atoms with Gasteiger partial charge in [0.1, 0.15) is 11.1 Å². The summed E-state index contributed by atoms with van der Waals surface area (Å²) >= 11 is 0. The molecule has 2 aromatic carbocycles. The average molecular weight is 357 g/mol. The Balaban J connectivity index is 0.00000180. The normalized spacial score (nSPS) is 11.1. The van der Waals surface area contributed by atoms with Gasteiger partial charge in [-0.25, -0.2) is 0 Å². The number of rotatable bonds is 2. The molecule has 1 nitrogen and oxygen atoms in total. The van der Waals surface area contributed by atoms with Crippen molar-refractivity contribution >= 4 is 18.9 Å². The SMILES string of the molecule is Cc1cc(C)c(C=[P+]([O-])c2ccccc2)c(C)c1.[Ru]. The molecule has 2 rings (SSSR count). The monoisotopic (exact) mass is 358 g/mol. The number of benzene rings is 2. The van der Waals surface area contributed by atoms with Crippen molar-refractivity contribution in [1.82, 2.24) is 0 Å². The number of aryl methyl sites for hydroxylation is 3. The van der Waals surface area contributed by atoms with Gasteiger partial charge in [-0.3, -0.25) is 0 Å². The van der Waals surface area contributed by atoms with E-state index in [0.29, 0.717) is 0 Å². The van der Waals surface area contributed by atoms with Crippen molar-refractivity contribution in [3.05, 3.63) is 64.7 Å². The quantitative estimate of drug-likeness (QED) is 0.599. The Morgan fingerprint density at radius 2 is 1.47 bits per heavy atom. The van der Waals surface area contributed by atoms with E-state index in [4.69, 9.17) is 0 Å². The van der Waals surface area contributed by atoms with E-state index < -0.39 is 7.77 Å². The van der Waals surface area contributed by atoms with Crippen molar-refractivity contribution < 1.29 is 24.4 Å². The van der Waals surface area contributed by atoms with Crippen molar-refractivity contribution in [1.29, 1.82) is 0 Å². The van der Waals surface area contributed by atoms with Gasteiger partial charge in [0.2, 0.25) is 0 Å². The summed E-state index contributed by atoms with van der Waals surface area (Å²) in [4.78, 5) is 12.3. The zero-order valence-electron chi connectivity index (χ0n) is 11.3. The standard InChI is InChI=1S/C16H17OP.Ru/c1-12-9-13(2)16(14(3)10-12)11-18(17)15-7-5-4-6-8-15;/h4-11H,1-3H3;. The predicted molar refractivity (Wildman–Crippen MR) is 78.8 cm³/mol. The van der Waals surface area contributed by atoms with Gasteiger partial charge in [-0.05, 0) is 44.0 Å². The average Bonchev–Trinajstić information content (AvgIpc) is 2.34. The summed E-state index contributed by atoms with van der Waals surface area (Å²) in [5.41, 5.74) is 4.72. The van der Waals surface area contributed by atoms with Crippen LogP contribution >= 0.6 is 7.77 Å². The maximum absolute atomic E-state index is 12.3. The van der Waals surface area contributed by atoms with Gasteiger partial charge in [-0.15, -0.1) is 0 Å². The van der Waals surface area contributed by atoms with Crippen LogP contribution in [-0.4, -0.2) is 5.80 Å². The van der Waals surface area contributed by atoms with Gasteiger partial charge in [0.05, 0.1) is 7.77 Å². The van der Waals surface area contributed by atoms with E-state index in [9.17, 15) is 4.89 Å². The molecule has 1 unspecified atom stereocenters. The third kappa shape index (κ3) is 4.08. The van der Waals surface area contributed by atoms with Crippen LogP contribution in [0.15, 0.2) is 42.5 Å². The molecule has 100 valence electrons. The predicted octanol–water partition coefficient (Wildman–Crippen LogP) is 2.84. The van der Waals surface area contributed by atoms with Crippen LogP contribution in [0.5, 0.6) is 0 Å². The Labute approximate surface area is 128 Å². The van der Waals surface area contributed by atoms with Gasteiger partial charge in [0.15, 0.2) is 0 Å².